The number of carbonyl (C=O) groups excluding carboxylic acids is 2. The smallest absolute Gasteiger partial charge is 0.281 e. The average molecular weight is 250 g/mol. The molecule has 1 fully saturated rings. The predicted octanol–water partition coefficient (Wildman–Crippen LogP) is 1.74. The minimum absolute atomic E-state index is 0.0641. The lowest BCUT2D eigenvalue weighted by Crippen LogP contribution is -2.33. The average Bonchev–Trinajstić information content (AvgIpc) is 2.75. The Balaban J connectivity index is 2.02. The third kappa shape index (κ3) is 3.00. The number of hydrogen-bond acceptors (Lipinski definition) is 3. The Morgan fingerprint density at radius 3 is 2.71 bits per heavy atom. The maximum Gasteiger partial charge on any atom is 0.281 e. The third-order valence-corrected chi connectivity index (χ3v) is 3.72. The number of nitrogens with one attached hydrogen (secondary N) is 1. The zero-order valence-corrected chi connectivity index (χ0v) is 10.4. The molecule has 2 rings (SSSR count). The molecule has 0 aliphatic carbocycles. The van der Waals surface area contributed by atoms with E-state index in [4.69, 9.17) is 0 Å². The van der Waals surface area contributed by atoms with Gasteiger partial charge in [0.1, 0.15) is 5.37 Å². The van der Waals surface area contributed by atoms with Crippen LogP contribution in [0.25, 0.3) is 0 Å². The van der Waals surface area contributed by atoms with E-state index in [0.717, 1.165) is 12.0 Å². The van der Waals surface area contributed by atoms with Gasteiger partial charge in [-0.15, -0.1) is 0 Å². The third-order valence-electron chi connectivity index (χ3n) is 2.66. The Labute approximate surface area is 104 Å². The molecule has 1 saturated heterocycles. The van der Waals surface area contributed by atoms with Gasteiger partial charge >= 0.3 is 0 Å². The van der Waals surface area contributed by atoms with Gasteiger partial charge in [0.25, 0.3) is 5.24 Å². The molecule has 2 amide bonds. The van der Waals surface area contributed by atoms with E-state index < -0.39 is 0 Å². The number of hydrogen-bond donors (Lipinski definition) is 1. The Bertz CT molecular complexity index is 419. The maximum atomic E-state index is 11.1. The summed E-state index contributed by atoms with van der Waals surface area (Å²) < 4.78 is 0. The number of benzene rings is 1. The molecule has 5 heteroatoms. The molecule has 1 unspecified atom stereocenters. The molecular weight excluding hydrogens is 236 g/mol. The van der Waals surface area contributed by atoms with Crippen molar-refractivity contribution >= 4 is 23.4 Å². The first-order valence-corrected chi connectivity index (χ1v) is 6.28. The summed E-state index contributed by atoms with van der Waals surface area (Å²) >= 11 is 1.17. The molecule has 0 saturated carbocycles. The minimum Gasteiger partial charge on any atom is -0.344 e. The van der Waals surface area contributed by atoms with Gasteiger partial charge in [0.2, 0.25) is 6.41 Å². The minimum atomic E-state index is -0.0960. The number of nitrogens with zero attached hydrogens (tertiary/aromatic N) is 1. The molecule has 0 spiro atoms. The quantitative estimate of drug-likeness (QED) is 0.828. The van der Waals surface area contributed by atoms with Crippen molar-refractivity contribution in [3.63, 3.8) is 0 Å². The molecule has 0 radical (unpaired) electrons. The van der Waals surface area contributed by atoms with Gasteiger partial charge in [-0.1, -0.05) is 29.8 Å². The number of rotatable bonds is 4. The molecule has 1 N–H and O–H groups in total. The molecule has 0 bridgehead atoms. The van der Waals surface area contributed by atoms with Crippen molar-refractivity contribution in [2.45, 2.75) is 18.8 Å². The van der Waals surface area contributed by atoms with E-state index >= 15 is 0 Å². The van der Waals surface area contributed by atoms with Crippen molar-refractivity contribution < 1.29 is 9.59 Å². The summed E-state index contributed by atoms with van der Waals surface area (Å²) in [5, 5.41) is 2.54. The predicted molar refractivity (Wildman–Crippen MR) is 67.6 cm³/mol. The first-order chi connectivity index (χ1) is 8.19. The molecule has 1 atom stereocenters. The standard InChI is InChI=1S/C12H14N2O2S/c1-9-2-4-10(5-3-9)7-14(8-15)11-6-13-12(16)17-11/h2-5,8,11H,6-7H2,1H3,(H,13,16). The molecule has 17 heavy (non-hydrogen) atoms. The Morgan fingerprint density at radius 1 is 1.47 bits per heavy atom. The normalized spacial score (nSPS) is 18.9. The van der Waals surface area contributed by atoms with Crippen LogP contribution >= 0.6 is 11.8 Å². The van der Waals surface area contributed by atoms with Crippen molar-refractivity contribution in [2.75, 3.05) is 6.54 Å². The first kappa shape index (κ1) is 12.0. The van der Waals surface area contributed by atoms with Crippen molar-refractivity contribution in [1.29, 1.82) is 0 Å². The van der Waals surface area contributed by atoms with Crippen LogP contribution in [0.4, 0.5) is 4.79 Å². The first-order valence-electron chi connectivity index (χ1n) is 5.40. The summed E-state index contributed by atoms with van der Waals surface area (Å²) in [5.74, 6) is 0. The van der Waals surface area contributed by atoms with Crippen molar-refractivity contribution in [2.24, 2.45) is 0 Å². The van der Waals surface area contributed by atoms with E-state index in [9.17, 15) is 9.59 Å². The number of aryl methyl sites for hydroxylation is 1. The van der Waals surface area contributed by atoms with E-state index in [0.29, 0.717) is 13.1 Å². The Hall–Kier alpha value is -1.49. The second-order valence-electron chi connectivity index (χ2n) is 4.00. The summed E-state index contributed by atoms with van der Waals surface area (Å²) in [6, 6.07) is 8.04. The fraction of sp³-hybridized carbons (Fsp3) is 0.333. The number of carbonyl (C=O) groups is 2. The van der Waals surface area contributed by atoms with Gasteiger partial charge in [-0.2, -0.15) is 0 Å². The molecule has 1 aromatic carbocycles. The van der Waals surface area contributed by atoms with E-state index in [-0.39, 0.29) is 10.6 Å². The van der Waals surface area contributed by atoms with Crippen LogP contribution in [0.5, 0.6) is 0 Å². The zero-order valence-electron chi connectivity index (χ0n) is 9.55. The van der Waals surface area contributed by atoms with Crippen LogP contribution < -0.4 is 5.32 Å². The molecule has 4 nitrogen and oxygen atoms in total. The van der Waals surface area contributed by atoms with Crippen LogP contribution in [0, 0.1) is 6.92 Å². The van der Waals surface area contributed by atoms with E-state index in [2.05, 4.69) is 5.32 Å². The van der Waals surface area contributed by atoms with E-state index in [1.54, 1.807) is 4.90 Å². The molecule has 1 heterocycles. The lowest BCUT2D eigenvalue weighted by atomic mass is 10.1. The monoisotopic (exact) mass is 250 g/mol. The maximum absolute atomic E-state index is 11.1. The summed E-state index contributed by atoms with van der Waals surface area (Å²) in [5.41, 5.74) is 2.26. The molecule has 0 aromatic heterocycles. The molecule has 90 valence electrons. The van der Waals surface area contributed by atoms with Gasteiger partial charge in [-0.3, -0.25) is 9.59 Å². The van der Waals surface area contributed by atoms with Crippen molar-refractivity contribution in [3.05, 3.63) is 35.4 Å². The van der Waals surface area contributed by atoms with Crippen LogP contribution in [0.15, 0.2) is 24.3 Å². The lowest BCUT2D eigenvalue weighted by Gasteiger charge is -2.22. The SMILES string of the molecule is Cc1ccc(CN(C=O)C2CNC(=O)S2)cc1. The zero-order chi connectivity index (χ0) is 12.3. The molecule has 1 aromatic rings. The van der Waals surface area contributed by atoms with Crippen LogP contribution in [0.3, 0.4) is 0 Å². The van der Waals surface area contributed by atoms with E-state index in [1.165, 1.54) is 17.3 Å². The Kier molecular flexibility index (Phi) is 3.68. The van der Waals surface area contributed by atoms with Crippen molar-refractivity contribution in [1.82, 2.24) is 10.2 Å². The second kappa shape index (κ2) is 5.23. The van der Waals surface area contributed by atoms with Gasteiger partial charge in [0, 0.05) is 13.1 Å². The largest absolute Gasteiger partial charge is 0.344 e. The summed E-state index contributed by atoms with van der Waals surface area (Å²) in [7, 11) is 0. The fourth-order valence-electron chi connectivity index (χ4n) is 1.67. The van der Waals surface area contributed by atoms with Crippen molar-refractivity contribution in [3.8, 4) is 0 Å². The van der Waals surface area contributed by atoms with Gasteiger partial charge < -0.3 is 10.2 Å². The van der Waals surface area contributed by atoms with Gasteiger partial charge in [0.05, 0.1) is 0 Å². The highest BCUT2D eigenvalue weighted by atomic mass is 32.2. The van der Waals surface area contributed by atoms with Gasteiger partial charge in [-0.05, 0) is 24.2 Å². The molecule has 1 aliphatic heterocycles. The van der Waals surface area contributed by atoms with Crippen LogP contribution in [0.1, 0.15) is 11.1 Å². The highest BCUT2D eigenvalue weighted by Crippen LogP contribution is 2.22. The van der Waals surface area contributed by atoms with Crippen LogP contribution in [-0.2, 0) is 11.3 Å². The summed E-state index contributed by atoms with van der Waals surface area (Å²) in [6.07, 6.45) is 0.803. The summed E-state index contributed by atoms with van der Waals surface area (Å²) in [4.78, 5) is 23.8. The molecule has 1 aliphatic rings. The second-order valence-corrected chi connectivity index (χ2v) is 5.15. The highest BCUT2D eigenvalue weighted by Gasteiger charge is 2.27. The van der Waals surface area contributed by atoms with Crippen LogP contribution in [0.2, 0.25) is 0 Å². The van der Waals surface area contributed by atoms with Gasteiger partial charge in [-0.25, -0.2) is 0 Å². The summed E-state index contributed by atoms with van der Waals surface area (Å²) in [6.45, 7) is 3.08. The lowest BCUT2D eigenvalue weighted by molar-refractivity contribution is -0.119. The Morgan fingerprint density at radius 2 is 2.18 bits per heavy atom. The van der Waals surface area contributed by atoms with Crippen LogP contribution in [-0.4, -0.2) is 28.5 Å². The highest BCUT2D eigenvalue weighted by molar-refractivity contribution is 8.14. The topological polar surface area (TPSA) is 49.4 Å². The number of amides is 2. The van der Waals surface area contributed by atoms with E-state index in [1.807, 2.05) is 31.2 Å². The fourth-order valence-corrected chi connectivity index (χ4v) is 2.51. The van der Waals surface area contributed by atoms with Gasteiger partial charge in [0.15, 0.2) is 0 Å². The number of thioether (sulfide) groups is 1. The molecular formula is C12H14N2O2S.